The van der Waals surface area contributed by atoms with Crippen molar-refractivity contribution in [1.82, 2.24) is 25.3 Å². The molecule has 4 rings (SSSR count). The van der Waals surface area contributed by atoms with Crippen molar-refractivity contribution in [3.8, 4) is 11.4 Å². The van der Waals surface area contributed by atoms with Crippen molar-refractivity contribution in [2.24, 2.45) is 0 Å². The fourth-order valence-electron chi connectivity index (χ4n) is 2.63. The molecule has 2 aromatic heterocycles. The van der Waals surface area contributed by atoms with Gasteiger partial charge in [-0.1, -0.05) is 58.9 Å². The molecule has 0 bridgehead atoms. The van der Waals surface area contributed by atoms with E-state index in [-0.39, 0.29) is 23.8 Å². The number of thioether (sulfide) groups is 1. The Hall–Kier alpha value is -3.24. The summed E-state index contributed by atoms with van der Waals surface area (Å²) in [6.45, 7) is 0. The summed E-state index contributed by atoms with van der Waals surface area (Å²) >= 11 is 7.08. The van der Waals surface area contributed by atoms with Crippen molar-refractivity contribution < 1.29 is 13.7 Å². The molecule has 4 aromatic rings. The molecule has 2 N–H and O–H groups in total. The highest BCUT2D eigenvalue weighted by molar-refractivity contribution is 7.98. The molecule has 158 valence electrons. The predicted octanol–water partition coefficient (Wildman–Crippen LogP) is 4.51. The van der Waals surface area contributed by atoms with Gasteiger partial charge in [-0.25, -0.2) is 9.37 Å². The summed E-state index contributed by atoms with van der Waals surface area (Å²) in [4.78, 5) is 20.8. The second-order valence-electron chi connectivity index (χ2n) is 6.40. The third-order valence-electron chi connectivity index (χ3n) is 4.12. The molecule has 0 radical (unpaired) electrons. The number of carbonyl (C=O) groups excluding carboxylic acids is 1. The second-order valence-corrected chi connectivity index (χ2v) is 7.75. The zero-order valence-corrected chi connectivity index (χ0v) is 17.6. The van der Waals surface area contributed by atoms with E-state index in [2.05, 4.69) is 30.6 Å². The molecule has 0 aliphatic heterocycles. The molecule has 0 unspecified atom stereocenters. The number of amides is 1. The second kappa shape index (κ2) is 9.71. The van der Waals surface area contributed by atoms with E-state index in [1.54, 1.807) is 0 Å². The lowest BCUT2D eigenvalue weighted by Crippen LogP contribution is -2.12. The van der Waals surface area contributed by atoms with E-state index in [9.17, 15) is 9.18 Å². The topological polar surface area (TPSA) is 110 Å². The number of rotatable bonds is 8. The monoisotopic (exact) mass is 458 g/mol. The molecule has 1 amide bonds. The maximum Gasteiger partial charge on any atom is 0.227 e. The number of nitrogens with one attached hydrogen (secondary N) is 2. The van der Waals surface area contributed by atoms with Crippen LogP contribution in [0.15, 0.2) is 58.2 Å². The Labute approximate surface area is 185 Å². The number of aromatic nitrogens is 5. The van der Waals surface area contributed by atoms with Crippen LogP contribution in [0, 0.1) is 5.82 Å². The Bertz CT molecular complexity index is 1180. The molecule has 0 aliphatic carbocycles. The van der Waals surface area contributed by atoms with Crippen molar-refractivity contribution in [3.63, 3.8) is 0 Å². The van der Waals surface area contributed by atoms with Gasteiger partial charge in [0.2, 0.25) is 17.0 Å². The van der Waals surface area contributed by atoms with Gasteiger partial charge in [0.05, 0.1) is 10.8 Å². The highest BCUT2D eigenvalue weighted by Gasteiger charge is 2.12. The lowest BCUT2D eigenvalue weighted by atomic mass is 10.2. The maximum atomic E-state index is 13.2. The smallest absolute Gasteiger partial charge is 0.227 e. The lowest BCUT2D eigenvalue weighted by molar-refractivity contribution is -0.116. The van der Waals surface area contributed by atoms with Gasteiger partial charge in [0, 0.05) is 24.1 Å². The van der Waals surface area contributed by atoms with Crippen molar-refractivity contribution in [1.29, 1.82) is 0 Å². The van der Waals surface area contributed by atoms with Crippen LogP contribution in [-0.4, -0.2) is 31.2 Å². The van der Waals surface area contributed by atoms with Gasteiger partial charge in [-0.15, -0.1) is 5.10 Å². The van der Waals surface area contributed by atoms with Crippen LogP contribution in [0.1, 0.15) is 18.1 Å². The van der Waals surface area contributed by atoms with Crippen LogP contribution in [0.25, 0.3) is 11.4 Å². The Morgan fingerprint density at radius 3 is 2.84 bits per heavy atom. The zero-order chi connectivity index (χ0) is 21.6. The minimum Gasteiger partial charge on any atom is -0.339 e. The van der Waals surface area contributed by atoms with Gasteiger partial charge < -0.3 is 9.84 Å². The first-order valence-corrected chi connectivity index (χ1v) is 10.6. The van der Waals surface area contributed by atoms with Crippen LogP contribution in [0.3, 0.4) is 0 Å². The quantitative estimate of drug-likeness (QED) is 0.374. The maximum absolute atomic E-state index is 13.2. The highest BCUT2D eigenvalue weighted by atomic mass is 35.5. The van der Waals surface area contributed by atoms with Gasteiger partial charge in [-0.05, 0) is 18.2 Å². The molecule has 11 heteroatoms. The molecule has 8 nitrogen and oxygen atoms in total. The number of halogens is 2. The Morgan fingerprint density at radius 2 is 2.03 bits per heavy atom. The fourth-order valence-corrected chi connectivity index (χ4v) is 3.46. The lowest BCUT2D eigenvalue weighted by Gasteiger charge is -2.04. The van der Waals surface area contributed by atoms with Gasteiger partial charge in [0.1, 0.15) is 5.82 Å². The summed E-state index contributed by atoms with van der Waals surface area (Å²) < 4.78 is 18.4. The summed E-state index contributed by atoms with van der Waals surface area (Å²) in [5.41, 5.74) is 1.37. The number of carbonyl (C=O) groups is 1. The van der Waals surface area contributed by atoms with E-state index >= 15 is 0 Å². The number of aryl methyl sites for hydroxylation is 1. The third kappa shape index (κ3) is 5.68. The summed E-state index contributed by atoms with van der Waals surface area (Å²) in [5, 5.41) is 14.2. The van der Waals surface area contributed by atoms with Gasteiger partial charge >= 0.3 is 0 Å². The minimum absolute atomic E-state index is 0.0564. The first kappa shape index (κ1) is 21.0. The average molecular weight is 459 g/mol. The Morgan fingerprint density at radius 1 is 1.19 bits per heavy atom. The minimum atomic E-state index is -0.544. The molecule has 2 aromatic carbocycles. The van der Waals surface area contributed by atoms with E-state index in [1.165, 1.54) is 30.0 Å². The van der Waals surface area contributed by atoms with E-state index in [0.717, 1.165) is 5.56 Å². The number of hydrogen-bond acceptors (Lipinski definition) is 7. The van der Waals surface area contributed by atoms with Crippen LogP contribution in [0.5, 0.6) is 0 Å². The molecule has 0 saturated heterocycles. The molecule has 0 aliphatic rings. The first-order valence-electron chi connectivity index (χ1n) is 9.24. The summed E-state index contributed by atoms with van der Waals surface area (Å²) in [5.74, 6) is 1.13. The molecule has 0 atom stereocenters. The van der Waals surface area contributed by atoms with E-state index in [1.807, 2.05) is 30.3 Å². The number of benzene rings is 2. The number of H-pyrrole nitrogens is 1. The molecule has 0 saturated carbocycles. The standard InChI is InChI=1S/C20H16ClFN6O2S/c21-14-10-13(6-7-15(14)22)23-17(29)8-9-18-24-16(28-30-18)11-31-20-25-19(26-27-20)12-4-2-1-3-5-12/h1-7,10H,8-9,11H2,(H,23,29)(H,25,26,27). The number of aromatic amines is 1. The van der Waals surface area contributed by atoms with Crippen LogP contribution >= 0.6 is 23.4 Å². The normalized spacial score (nSPS) is 10.9. The van der Waals surface area contributed by atoms with Crippen molar-refractivity contribution >= 4 is 35.0 Å². The number of hydrogen-bond donors (Lipinski definition) is 2. The van der Waals surface area contributed by atoms with Crippen LogP contribution < -0.4 is 5.32 Å². The van der Waals surface area contributed by atoms with Gasteiger partial charge in [-0.2, -0.15) is 4.98 Å². The van der Waals surface area contributed by atoms with E-state index in [0.29, 0.717) is 34.1 Å². The Balaban J connectivity index is 1.25. The summed E-state index contributed by atoms with van der Waals surface area (Å²) in [6, 6.07) is 13.7. The van der Waals surface area contributed by atoms with Crippen LogP contribution in [0.2, 0.25) is 5.02 Å². The predicted molar refractivity (Wildman–Crippen MR) is 114 cm³/mol. The first-order chi connectivity index (χ1) is 15.1. The van der Waals surface area contributed by atoms with Gasteiger partial charge in [0.15, 0.2) is 11.6 Å². The van der Waals surface area contributed by atoms with Crippen molar-refractivity contribution in [2.45, 2.75) is 23.8 Å². The third-order valence-corrected chi connectivity index (χ3v) is 5.25. The van der Waals surface area contributed by atoms with Crippen LogP contribution in [0.4, 0.5) is 10.1 Å². The van der Waals surface area contributed by atoms with Crippen molar-refractivity contribution in [3.05, 3.63) is 71.1 Å². The zero-order valence-electron chi connectivity index (χ0n) is 16.0. The molecule has 0 fully saturated rings. The van der Waals surface area contributed by atoms with E-state index in [4.69, 9.17) is 16.1 Å². The molecule has 2 heterocycles. The average Bonchev–Trinajstić information content (AvgIpc) is 3.44. The SMILES string of the molecule is O=C(CCc1nc(CSc2n[nH]c(-c3ccccc3)n2)no1)Nc1ccc(F)c(Cl)c1. The summed E-state index contributed by atoms with van der Waals surface area (Å²) in [6.07, 6.45) is 0.405. The highest BCUT2D eigenvalue weighted by Crippen LogP contribution is 2.22. The van der Waals surface area contributed by atoms with Gasteiger partial charge in [0.25, 0.3) is 0 Å². The number of anilines is 1. The largest absolute Gasteiger partial charge is 0.339 e. The van der Waals surface area contributed by atoms with Gasteiger partial charge in [-0.3, -0.25) is 9.89 Å². The molecular weight excluding hydrogens is 443 g/mol. The molecule has 0 spiro atoms. The number of nitrogens with zero attached hydrogens (tertiary/aromatic N) is 4. The van der Waals surface area contributed by atoms with Crippen molar-refractivity contribution in [2.75, 3.05) is 5.32 Å². The van der Waals surface area contributed by atoms with E-state index < -0.39 is 5.82 Å². The Kier molecular flexibility index (Phi) is 6.58. The summed E-state index contributed by atoms with van der Waals surface area (Å²) in [7, 11) is 0. The molecular formula is C20H16ClFN6O2S. The van der Waals surface area contributed by atoms with Crippen LogP contribution in [-0.2, 0) is 17.0 Å². The fraction of sp³-hybridized carbons (Fsp3) is 0.150. The molecule has 31 heavy (non-hydrogen) atoms.